The molecular weight excluding hydrogens is 400 g/mol. The second-order valence-electron chi connectivity index (χ2n) is 8.41. The minimum Gasteiger partial charge on any atom is -0.356 e. The summed E-state index contributed by atoms with van der Waals surface area (Å²) in [6.45, 7) is 12.2. The third-order valence-electron chi connectivity index (χ3n) is 6.35. The molecule has 1 amide bonds. The van der Waals surface area contributed by atoms with E-state index < -0.39 is 10.0 Å². The van der Waals surface area contributed by atoms with Gasteiger partial charge in [-0.2, -0.15) is 4.31 Å². The Morgan fingerprint density at radius 1 is 1.00 bits per heavy atom. The van der Waals surface area contributed by atoms with Gasteiger partial charge < -0.3 is 15.1 Å². The third-order valence-corrected chi connectivity index (χ3v) is 8.26. The van der Waals surface area contributed by atoms with Crippen molar-refractivity contribution in [3.8, 4) is 0 Å². The van der Waals surface area contributed by atoms with Crippen molar-refractivity contribution in [3.05, 3.63) is 29.8 Å². The Kier molecular flexibility index (Phi) is 8.27. The number of carbonyl (C=O) groups excluding carboxylic acids is 1. The molecule has 2 heterocycles. The first kappa shape index (κ1) is 23.2. The number of aryl methyl sites for hydroxylation is 1. The molecule has 0 saturated carbocycles. The summed E-state index contributed by atoms with van der Waals surface area (Å²) in [4.78, 5) is 17.8. The van der Waals surface area contributed by atoms with E-state index in [0.29, 0.717) is 37.4 Å². The zero-order valence-corrected chi connectivity index (χ0v) is 19.2. The van der Waals surface area contributed by atoms with E-state index in [2.05, 4.69) is 22.0 Å². The van der Waals surface area contributed by atoms with Crippen molar-refractivity contribution in [1.29, 1.82) is 0 Å². The van der Waals surface area contributed by atoms with E-state index >= 15 is 0 Å². The number of hydrogen-bond donors (Lipinski definition) is 1. The molecule has 1 aromatic carbocycles. The summed E-state index contributed by atoms with van der Waals surface area (Å²) >= 11 is 0. The van der Waals surface area contributed by atoms with Crippen molar-refractivity contribution >= 4 is 15.9 Å². The molecule has 0 unspecified atom stereocenters. The number of piperidine rings is 1. The fourth-order valence-electron chi connectivity index (χ4n) is 4.21. The second-order valence-corrected chi connectivity index (χ2v) is 10.3. The molecule has 0 spiro atoms. The van der Waals surface area contributed by atoms with Crippen LogP contribution in [0.15, 0.2) is 29.2 Å². The van der Waals surface area contributed by atoms with Gasteiger partial charge in [0.25, 0.3) is 0 Å². The van der Waals surface area contributed by atoms with Crippen LogP contribution in [-0.4, -0.2) is 87.3 Å². The molecule has 2 saturated heterocycles. The Labute approximate surface area is 181 Å². The highest BCUT2D eigenvalue weighted by atomic mass is 32.2. The zero-order chi connectivity index (χ0) is 21.6. The molecule has 8 heteroatoms. The van der Waals surface area contributed by atoms with Gasteiger partial charge in [-0.15, -0.1) is 0 Å². The summed E-state index contributed by atoms with van der Waals surface area (Å²) in [5, 5.41) is 3.06. The van der Waals surface area contributed by atoms with Gasteiger partial charge in [0.2, 0.25) is 15.9 Å². The number of carbonyl (C=O) groups is 1. The van der Waals surface area contributed by atoms with E-state index in [4.69, 9.17) is 0 Å². The quantitative estimate of drug-likeness (QED) is 0.626. The van der Waals surface area contributed by atoms with Gasteiger partial charge in [0.1, 0.15) is 0 Å². The first-order valence-corrected chi connectivity index (χ1v) is 12.6. The first-order valence-electron chi connectivity index (χ1n) is 11.2. The molecule has 0 radical (unpaired) electrons. The molecule has 0 atom stereocenters. The first-order chi connectivity index (χ1) is 14.4. The Balaban J connectivity index is 1.36. The average Bonchev–Trinajstić information content (AvgIpc) is 2.77. The molecule has 1 aromatic rings. The van der Waals surface area contributed by atoms with Crippen LogP contribution in [0.25, 0.3) is 0 Å². The van der Waals surface area contributed by atoms with Crippen LogP contribution < -0.4 is 5.32 Å². The minimum absolute atomic E-state index is 0.0678. The summed E-state index contributed by atoms with van der Waals surface area (Å²) < 4.78 is 27.1. The fraction of sp³-hybridized carbons (Fsp3) is 0.682. The van der Waals surface area contributed by atoms with Crippen molar-refractivity contribution in [2.75, 3.05) is 58.9 Å². The fourth-order valence-corrected chi connectivity index (χ4v) is 5.68. The maximum absolute atomic E-state index is 12.8. The van der Waals surface area contributed by atoms with Gasteiger partial charge in [-0.1, -0.05) is 24.6 Å². The van der Waals surface area contributed by atoms with E-state index in [9.17, 15) is 13.2 Å². The number of piperazine rings is 1. The third kappa shape index (κ3) is 6.03. The molecule has 0 aliphatic carbocycles. The van der Waals surface area contributed by atoms with Crippen LogP contribution in [0.2, 0.25) is 0 Å². The van der Waals surface area contributed by atoms with E-state index in [1.54, 1.807) is 12.1 Å². The molecule has 7 nitrogen and oxygen atoms in total. The lowest BCUT2D eigenvalue weighted by molar-refractivity contribution is -0.126. The van der Waals surface area contributed by atoms with Crippen LogP contribution in [0.5, 0.6) is 0 Å². The molecule has 2 aliphatic rings. The maximum atomic E-state index is 12.8. The number of nitrogens with zero attached hydrogens (tertiary/aromatic N) is 3. The molecule has 0 bridgehead atoms. The van der Waals surface area contributed by atoms with Crippen LogP contribution in [0.4, 0.5) is 0 Å². The van der Waals surface area contributed by atoms with Crippen molar-refractivity contribution in [2.24, 2.45) is 5.92 Å². The van der Waals surface area contributed by atoms with Gasteiger partial charge in [-0.05, 0) is 51.4 Å². The van der Waals surface area contributed by atoms with Crippen LogP contribution in [0.1, 0.15) is 31.7 Å². The monoisotopic (exact) mass is 436 g/mol. The lowest BCUT2D eigenvalue weighted by Crippen LogP contribution is -2.47. The normalized spacial score (nSPS) is 20.3. The number of amides is 1. The molecule has 3 rings (SSSR count). The Hall–Kier alpha value is -1.48. The van der Waals surface area contributed by atoms with Crippen molar-refractivity contribution in [1.82, 2.24) is 19.4 Å². The minimum atomic E-state index is -3.47. The molecule has 2 fully saturated rings. The van der Waals surface area contributed by atoms with Gasteiger partial charge >= 0.3 is 0 Å². The highest BCUT2D eigenvalue weighted by Crippen LogP contribution is 2.24. The van der Waals surface area contributed by atoms with Gasteiger partial charge in [-0.25, -0.2) is 8.42 Å². The molecule has 1 N–H and O–H groups in total. The Bertz CT molecular complexity index is 781. The lowest BCUT2D eigenvalue weighted by atomic mass is 9.97. The van der Waals surface area contributed by atoms with Crippen LogP contribution in [-0.2, 0) is 14.8 Å². The molecule has 0 aromatic heterocycles. The van der Waals surface area contributed by atoms with Gasteiger partial charge in [0.05, 0.1) is 4.90 Å². The number of nitrogens with one attached hydrogen (secondary N) is 1. The largest absolute Gasteiger partial charge is 0.356 e. The van der Waals surface area contributed by atoms with Crippen LogP contribution in [0.3, 0.4) is 0 Å². The SMILES string of the molecule is CCN1CCN(CCCNC(=O)C2CCN(S(=O)(=O)c3ccc(C)cc3)CC2)CC1. The van der Waals surface area contributed by atoms with Crippen LogP contribution >= 0.6 is 0 Å². The summed E-state index contributed by atoms with van der Waals surface area (Å²) in [5.41, 5.74) is 1.03. The predicted molar refractivity (Wildman–Crippen MR) is 119 cm³/mol. The lowest BCUT2D eigenvalue weighted by Gasteiger charge is -2.34. The van der Waals surface area contributed by atoms with Crippen molar-refractivity contribution < 1.29 is 13.2 Å². The topological polar surface area (TPSA) is 73.0 Å². The summed E-state index contributed by atoms with van der Waals surface area (Å²) in [6, 6.07) is 6.95. The maximum Gasteiger partial charge on any atom is 0.243 e. The van der Waals surface area contributed by atoms with Crippen LogP contribution in [0, 0.1) is 12.8 Å². The van der Waals surface area contributed by atoms with Gasteiger partial charge in [0, 0.05) is 51.7 Å². The van der Waals surface area contributed by atoms with E-state index in [-0.39, 0.29) is 11.8 Å². The summed E-state index contributed by atoms with van der Waals surface area (Å²) in [7, 11) is -3.47. The molecule has 2 aliphatic heterocycles. The van der Waals surface area contributed by atoms with E-state index in [1.165, 1.54) is 4.31 Å². The second kappa shape index (κ2) is 10.7. The molecular formula is C22H36N4O3S. The zero-order valence-electron chi connectivity index (χ0n) is 18.3. The van der Waals surface area contributed by atoms with E-state index in [1.807, 2.05) is 19.1 Å². The van der Waals surface area contributed by atoms with Crippen molar-refractivity contribution in [3.63, 3.8) is 0 Å². The highest BCUT2D eigenvalue weighted by molar-refractivity contribution is 7.89. The Morgan fingerprint density at radius 3 is 2.20 bits per heavy atom. The number of likely N-dealkylation sites (N-methyl/N-ethyl adjacent to an activating group) is 1. The summed E-state index contributed by atoms with van der Waals surface area (Å²) in [5.74, 6) is -0.0271. The highest BCUT2D eigenvalue weighted by Gasteiger charge is 2.31. The van der Waals surface area contributed by atoms with E-state index in [0.717, 1.165) is 51.3 Å². The predicted octanol–water partition coefficient (Wildman–Crippen LogP) is 1.54. The average molecular weight is 437 g/mol. The van der Waals surface area contributed by atoms with Gasteiger partial charge in [-0.3, -0.25) is 4.79 Å². The smallest absolute Gasteiger partial charge is 0.243 e. The molecule has 30 heavy (non-hydrogen) atoms. The number of benzene rings is 1. The van der Waals surface area contributed by atoms with Crippen molar-refractivity contribution in [2.45, 2.75) is 38.0 Å². The summed E-state index contributed by atoms with van der Waals surface area (Å²) in [6.07, 6.45) is 2.12. The Morgan fingerprint density at radius 2 is 1.60 bits per heavy atom. The van der Waals surface area contributed by atoms with Gasteiger partial charge in [0.15, 0.2) is 0 Å². The number of rotatable bonds is 8. The molecule has 168 valence electrons. The number of sulfonamides is 1. The standard InChI is InChI=1S/C22H36N4O3S/c1-3-24-15-17-25(18-16-24)12-4-11-23-22(27)20-9-13-26(14-10-20)30(28,29)21-7-5-19(2)6-8-21/h5-8,20H,3-4,9-18H2,1-2H3,(H,23,27). The number of hydrogen-bond acceptors (Lipinski definition) is 5.